The maximum atomic E-state index is 13.1. The van der Waals surface area contributed by atoms with Gasteiger partial charge in [-0.3, -0.25) is 14.9 Å². The Labute approximate surface area is 191 Å². The van der Waals surface area contributed by atoms with Crippen LogP contribution in [-0.2, 0) is 16.0 Å². The minimum absolute atomic E-state index is 0.167. The van der Waals surface area contributed by atoms with Gasteiger partial charge in [-0.25, -0.2) is 9.69 Å². The fourth-order valence-electron chi connectivity index (χ4n) is 3.36. The first-order valence-electron chi connectivity index (χ1n) is 10.3. The van der Waals surface area contributed by atoms with E-state index in [1.54, 1.807) is 49.4 Å². The minimum Gasteiger partial charge on any atom is -0.490 e. The molecule has 4 amide bonds. The van der Waals surface area contributed by atoms with E-state index in [4.69, 9.17) is 14.7 Å². The molecule has 0 unspecified atom stereocenters. The van der Waals surface area contributed by atoms with Gasteiger partial charge in [-0.2, -0.15) is 5.26 Å². The second-order valence-corrected chi connectivity index (χ2v) is 7.17. The van der Waals surface area contributed by atoms with E-state index >= 15 is 0 Å². The van der Waals surface area contributed by atoms with E-state index < -0.39 is 17.8 Å². The third kappa shape index (κ3) is 5.10. The summed E-state index contributed by atoms with van der Waals surface area (Å²) in [5.41, 5.74) is 2.29. The minimum atomic E-state index is -0.811. The molecule has 0 atom stereocenters. The second kappa shape index (κ2) is 10.3. The fraction of sp³-hybridized carbons (Fsp3) is 0.200. The molecule has 1 heterocycles. The number of anilines is 1. The van der Waals surface area contributed by atoms with Gasteiger partial charge in [0.2, 0.25) is 0 Å². The molecular formula is C25H23N3O5. The van der Waals surface area contributed by atoms with Crippen molar-refractivity contribution in [3.63, 3.8) is 0 Å². The zero-order valence-electron chi connectivity index (χ0n) is 18.4. The average Bonchev–Trinajstić information content (AvgIpc) is 2.78. The van der Waals surface area contributed by atoms with E-state index in [9.17, 15) is 14.4 Å². The first kappa shape index (κ1) is 23.3. The number of benzene rings is 2. The number of nitriles is 1. The van der Waals surface area contributed by atoms with Crippen LogP contribution in [0, 0.1) is 18.3 Å². The van der Waals surface area contributed by atoms with Gasteiger partial charge >= 0.3 is 6.03 Å². The summed E-state index contributed by atoms with van der Waals surface area (Å²) in [6, 6.07) is 11.3. The van der Waals surface area contributed by atoms with Crippen LogP contribution in [0.5, 0.6) is 11.5 Å². The Morgan fingerprint density at radius 1 is 1.15 bits per heavy atom. The van der Waals surface area contributed by atoms with Crippen LogP contribution in [-0.4, -0.2) is 31.1 Å². The summed E-state index contributed by atoms with van der Waals surface area (Å²) in [6.07, 6.45) is 3.47. The summed E-state index contributed by atoms with van der Waals surface area (Å²) in [5, 5.41) is 11.1. The van der Waals surface area contributed by atoms with Crippen LogP contribution in [0.2, 0.25) is 0 Å². The number of nitrogens with zero attached hydrogens (tertiary/aromatic N) is 2. The van der Waals surface area contributed by atoms with Crippen molar-refractivity contribution >= 4 is 29.6 Å². The van der Waals surface area contributed by atoms with E-state index in [0.717, 1.165) is 10.5 Å². The number of amides is 4. The number of hydrogen-bond acceptors (Lipinski definition) is 6. The van der Waals surface area contributed by atoms with Crippen molar-refractivity contribution in [2.45, 2.75) is 20.3 Å². The molecule has 1 aliphatic rings. The summed E-state index contributed by atoms with van der Waals surface area (Å²) in [6.45, 7) is 7.60. The highest BCUT2D eigenvalue weighted by Gasteiger charge is 2.36. The van der Waals surface area contributed by atoms with E-state index in [0.29, 0.717) is 41.3 Å². The van der Waals surface area contributed by atoms with Gasteiger partial charge in [-0.1, -0.05) is 23.8 Å². The van der Waals surface area contributed by atoms with Crippen molar-refractivity contribution in [2.24, 2.45) is 0 Å². The number of allylic oxidation sites excluding steroid dienone is 1. The van der Waals surface area contributed by atoms with Gasteiger partial charge in [0.15, 0.2) is 18.1 Å². The number of aryl methyl sites for hydroxylation is 1. The molecule has 2 aromatic rings. The molecule has 0 radical (unpaired) electrons. The number of urea groups is 1. The summed E-state index contributed by atoms with van der Waals surface area (Å²) in [4.78, 5) is 39.0. The molecule has 0 bridgehead atoms. The number of ether oxygens (including phenoxy) is 2. The molecule has 8 nitrogen and oxygen atoms in total. The molecule has 0 aliphatic carbocycles. The molecule has 1 saturated heterocycles. The smallest absolute Gasteiger partial charge is 0.335 e. The molecule has 8 heteroatoms. The lowest BCUT2D eigenvalue weighted by atomic mass is 10.0. The van der Waals surface area contributed by atoms with Gasteiger partial charge in [0.05, 0.1) is 12.3 Å². The number of rotatable bonds is 8. The lowest BCUT2D eigenvalue weighted by molar-refractivity contribution is -0.122. The van der Waals surface area contributed by atoms with Crippen molar-refractivity contribution in [3.05, 3.63) is 71.3 Å². The highest BCUT2D eigenvalue weighted by atomic mass is 16.5. The number of carbonyl (C=O) groups excluding carboxylic acids is 3. The van der Waals surface area contributed by atoms with Crippen LogP contribution in [0.15, 0.2) is 54.6 Å². The number of imide groups is 2. The zero-order valence-corrected chi connectivity index (χ0v) is 18.4. The molecule has 0 spiro atoms. The van der Waals surface area contributed by atoms with Gasteiger partial charge in [-0.15, -0.1) is 6.58 Å². The first-order valence-corrected chi connectivity index (χ1v) is 10.3. The summed E-state index contributed by atoms with van der Waals surface area (Å²) < 4.78 is 11.2. The second-order valence-electron chi connectivity index (χ2n) is 7.17. The monoisotopic (exact) mass is 445 g/mol. The van der Waals surface area contributed by atoms with Crippen LogP contribution < -0.4 is 19.7 Å². The Balaban J connectivity index is 2.07. The van der Waals surface area contributed by atoms with Crippen molar-refractivity contribution in [2.75, 3.05) is 18.1 Å². The molecular weight excluding hydrogens is 422 g/mol. The lowest BCUT2D eigenvalue weighted by Crippen LogP contribution is -2.54. The largest absolute Gasteiger partial charge is 0.490 e. The maximum absolute atomic E-state index is 13.1. The molecule has 3 rings (SSSR count). The molecule has 168 valence electrons. The van der Waals surface area contributed by atoms with E-state index in [2.05, 4.69) is 11.9 Å². The Morgan fingerprint density at radius 2 is 1.88 bits per heavy atom. The van der Waals surface area contributed by atoms with Gasteiger partial charge < -0.3 is 9.47 Å². The van der Waals surface area contributed by atoms with E-state index in [1.165, 1.54) is 6.08 Å². The maximum Gasteiger partial charge on any atom is 0.335 e. The molecule has 1 fully saturated rings. The summed E-state index contributed by atoms with van der Waals surface area (Å²) in [7, 11) is 0. The fourth-order valence-corrected chi connectivity index (χ4v) is 3.36. The van der Waals surface area contributed by atoms with Crippen molar-refractivity contribution in [1.82, 2.24) is 5.32 Å². The standard InChI is InChI=1S/C25H23N3O5/c1-4-6-18-13-17(15-21(32-5-2)22(18)33-12-11-26)14-20-23(29)27-25(31)28(24(20)30)19-9-7-16(3)8-10-19/h4,7-10,13-15H,1,5-6,12H2,2-3H3,(H,27,29,31)/b20-14+. The Hall–Kier alpha value is -4.38. The lowest BCUT2D eigenvalue weighted by Gasteiger charge is -2.26. The Kier molecular flexibility index (Phi) is 7.26. The van der Waals surface area contributed by atoms with Gasteiger partial charge in [-0.05, 0) is 56.2 Å². The predicted octanol–water partition coefficient (Wildman–Crippen LogP) is 3.69. The summed E-state index contributed by atoms with van der Waals surface area (Å²) >= 11 is 0. The van der Waals surface area contributed by atoms with E-state index in [1.807, 2.05) is 13.0 Å². The van der Waals surface area contributed by atoms with E-state index in [-0.39, 0.29) is 12.2 Å². The van der Waals surface area contributed by atoms with Crippen molar-refractivity contribution < 1.29 is 23.9 Å². The summed E-state index contributed by atoms with van der Waals surface area (Å²) in [5.74, 6) is -0.757. The third-order valence-electron chi connectivity index (χ3n) is 4.80. The number of carbonyl (C=O) groups is 3. The number of nitrogens with one attached hydrogen (secondary N) is 1. The molecule has 1 N–H and O–H groups in total. The molecule has 1 aliphatic heterocycles. The third-order valence-corrected chi connectivity index (χ3v) is 4.80. The number of hydrogen-bond donors (Lipinski definition) is 1. The average molecular weight is 445 g/mol. The SMILES string of the molecule is C=CCc1cc(/C=C2\C(=O)NC(=O)N(c3ccc(C)cc3)C2=O)cc(OCC)c1OCC#N. The molecule has 0 saturated carbocycles. The Morgan fingerprint density at radius 3 is 2.52 bits per heavy atom. The zero-order chi connectivity index (χ0) is 24.0. The topological polar surface area (TPSA) is 109 Å². The van der Waals surface area contributed by atoms with Gasteiger partial charge in [0.25, 0.3) is 11.8 Å². The van der Waals surface area contributed by atoms with Crippen LogP contribution in [0.3, 0.4) is 0 Å². The predicted molar refractivity (Wildman–Crippen MR) is 123 cm³/mol. The van der Waals surface area contributed by atoms with Crippen molar-refractivity contribution in [1.29, 1.82) is 5.26 Å². The van der Waals surface area contributed by atoms with Crippen LogP contribution >= 0.6 is 0 Å². The first-order chi connectivity index (χ1) is 15.9. The van der Waals surface area contributed by atoms with Crippen LogP contribution in [0.25, 0.3) is 6.08 Å². The Bertz CT molecular complexity index is 1180. The highest BCUT2D eigenvalue weighted by molar-refractivity contribution is 6.39. The molecule has 33 heavy (non-hydrogen) atoms. The highest BCUT2D eigenvalue weighted by Crippen LogP contribution is 2.35. The molecule has 2 aromatic carbocycles. The number of barbiturate groups is 1. The molecule has 0 aromatic heterocycles. The normalized spacial score (nSPS) is 14.6. The quantitative estimate of drug-likeness (QED) is 0.377. The van der Waals surface area contributed by atoms with Crippen LogP contribution in [0.4, 0.5) is 10.5 Å². The van der Waals surface area contributed by atoms with Gasteiger partial charge in [0.1, 0.15) is 11.6 Å². The van der Waals surface area contributed by atoms with Crippen LogP contribution in [0.1, 0.15) is 23.6 Å². The van der Waals surface area contributed by atoms with Gasteiger partial charge in [0, 0.05) is 5.56 Å². The van der Waals surface area contributed by atoms with Crippen molar-refractivity contribution in [3.8, 4) is 17.6 Å².